The number of carbonyl (C=O) groups excluding carboxylic acids is 2. The highest BCUT2D eigenvalue weighted by Gasteiger charge is 2.25. The minimum absolute atomic E-state index is 0.0796. The lowest BCUT2D eigenvalue weighted by Gasteiger charge is -2.35. The Morgan fingerprint density at radius 3 is 2.36 bits per heavy atom. The Morgan fingerprint density at radius 1 is 1.08 bits per heavy atom. The Hall–Kier alpha value is -2.63. The summed E-state index contributed by atoms with van der Waals surface area (Å²) in [5, 5.41) is 0. The van der Waals surface area contributed by atoms with Gasteiger partial charge in [0.25, 0.3) is 5.91 Å². The maximum Gasteiger partial charge on any atom is 0.253 e. The molecule has 2 amide bonds. The molecule has 1 saturated heterocycles. The number of aryl methyl sites for hydroxylation is 2. The molecule has 5 nitrogen and oxygen atoms in total. The monoisotopic (exact) mass is 343 g/mol. The van der Waals surface area contributed by atoms with Crippen LogP contribution in [-0.2, 0) is 18.3 Å². The molecular weight excluding hydrogens is 321 g/mol. The Bertz CT molecular complexity index is 792. The number of hydrogen-bond acceptors (Lipinski definition) is 2. The molecule has 1 aliphatic heterocycles. The highest BCUT2D eigenvalue weighted by molar-refractivity contribution is 5.94. The van der Waals surface area contributed by atoms with Crippen molar-refractivity contribution in [3.05, 3.63) is 59.2 Å². The fourth-order valence-electron chi connectivity index (χ4n) is 3.07. The maximum atomic E-state index is 13.4. The third kappa shape index (κ3) is 3.90. The fraction of sp³-hybridized carbons (Fsp3) is 0.368. The number of nitrogens with zero attached hydrogens (tertiary/aromatic N) is 3. The van der Waals surface area contributed by atoms with Gasteiger partial charge in [-0.15, -0.1) is 0 Å². The van der Waals surface area contributed by atoms with Crippen LogP contribution in [0.5, 0.6) is 0 Å². The van der Waals surface area contributed by atoms with Crippen molar-refractivity contribution in [1.82, 2.24) is 14.4 Å². The van der Waals surface area contributed by atoms with E-state index in [1.54, 1.807) is 22.8 Å². The van der Waals surface area contributed by atoms with Crippen molar-refractivity contribution in [2.45, 2.75) is 13.3 Å². The second-order valence-corrected chi connectivity index (χ2v) is 6.50. The summed E-state index contributed by atoms with van der Waals surface area (Å²) in [7, 11) is 1.93. The number of carbonyl (C=O) groups is 2. The summed E-state index contributed by atoms with van der Waals surface area (Å²) < 4.78 is 15.3. The molecule has 1 aromatic heterocycles. The van der Waals surface area contributed by atoms with Crippen molar-refractivity contribution >= 4 is 11.8 Å². The van der Waals surface area contributed by atoms with Gasteiger partial charge in [-0.3, -0.25) is 9.59 Å². The normalized spacial score (nSPS) is 14.7. The first-order valence-electron chi connectivity index (χ1n) is 8.38. The zero-order valence-corrected chi connectivity index (χ0v) is 14.5. The van der Waals surface area contributed by atoms with Crippen molar-refractivity contribution in [3.63, 3.8) is 0 Å². The second kappa shape index (κ2) is 7.09. The van der Waals surface area contributed by atoms with Gasteiger partial charge in [-0.1, -0.05) is 0 Å². The molecule has 0 spiro atoms. The van der Waals surface area contributed by atoms with Crippen LogP contribution in [0.25, 0.3) is 0 Å². The number of halogens is 1. The molecule has 1 aliphatic rings. The molecule has 3 rings (SSSR count). The van der Waals surface area contributed by atoms with Gasteiger partial charge >= 0.3 is 0 Å². The van der Waals surface area contributed by atoms with Crippen LogP contribution in [0.1, 0.15) is 21.5 Å². The molecule has 25 heavy (non-hydrogen) atoms. The first kappa shape index (κ1) is 17.2. The van der Waals surface area contributed by atoms with Gasteiger partial charge in [0.1, 0.15) is 5.82 Å². The van der Waals surface area contributed by atoms with Gasteiger partial charge in [0.05, 0.1) is 6.42 Å². The molecule has 0 saturated carbocycles. The highest BCUT2D eigenvalue weighted by Crippen LogP contribution is 2.14. The summed E-state index contributed by atoms with van der Waals surface area (Å²) >= 11 is 0. The molecule has 0 unspecified atom stereocenters. The van der Waals surface area contributed by atoms with Gasteiger partial charge in [0, 0.05) is 51.2 Å². The molecule has 2 aromatic rings. The van der Waals surface area contributed by atoms with Gasteiger partial charge < -0.3 is 14.4 Å². The molecule has 6 heteroatoms. The minimum atomic E-state index is -0.312. The van der Waals surface area contributed by atoms with E-state index in [9.17, 15) is 14.0 Å². The number of hydrogen-bond donors (Lipinski definition) is 0. The van der Waals surface area contributed by atoms with E-state index in [4.69, 9.17) is 0 Å². The number of piperazine rings is 1. The van der Waals surface area contributed by atoms with E-state index in [-0.39, 0.29) is 17.6 Å². The van der Waals surface area contributed by atoms with Gasteiger partial charge in [-0.05, 0) is 42.3 Å². The van der Waals surface area contributed by atoms with Crippen LogP contribution in [0.3, 0.4) is 0 Å². The molecular formula is C19H22FN3O2. The van der Waals surface area contributed by atoms with E-state index in [0.29, 0.717) is 43.7 Å². The Labute approximate surface area is 146 Å². The smallest absolute Gasteiger partial charge is 0.253 e. The van der Waals surface area contributed by atoms with E-state index >= 15 is 0 Å². The summed E-state index contributed by atoms with van der Waals surface area (Å²) in [5.41, 5.74) is 1.94. The molecule has 0 radical (unpaired) electrons. The average Bonchev–Trinajstić information content (AvgIpc) is 3.01. The molecule has 2 heterocycles. The predicted octanol–water partition coefficient (Wildman–Crippen LogP) is 2.00. The summed E-state index contributed by atoms with van der Waals surface area (Å²) in [6.45, 7) is 3.69. The van der Waals surface area contributed by atoms with E-state index < -0.39 is 0 Å². The van der Waals surface area contributed by atoms with Crippen LogP contribution in [0.2, 0.25) is 0 Å². The lowest BCUT2D eigenvalue weighted by molar-refractivity contribution is -0.131. The van der Waals surface area contributed by atoms with Crippen LogP contribution < -0.4 is 0 Å². The highest BCUT2D eigenvalue weighted by atomic mass is 19.1. The number of rotatable bonds is 3. The van der Waals surface area contributed by atoms with Crippen molar-refractivity contribution in [3.8, 4) is 0 Å². The van der Waals surface area contributed by atoms with Crippen LogP contribution in [-0.4, -0.2) is 52.4 Å². The average molecular weight is 343 g/mol. The number of amides is 2. The first-order valence-corrected chi connectivity index (χ1v) is 8.38. The van der Waals surface area contributed by atoms with Crippen molar-refractivity contribution in [2.75, 3.05) is 26.2 Å². The molecule has 1 fully saturated rings. The van der Waals surface area contributed by atoms with E-state index in [1.807, 2.05) is 30.1 Å². The van der Waals surface area contributed by atoms with Gasteiger partial charge in [-0.2, -0.15) is 0 Å². The van der Waals surface area contributed by atoms with Crippen molar-refractivity contribution in [1.29, 1.82) is 0 Å². The van der Waals surface area contributed by atoms with Gasteiger partial charge in [0.15, 0.2) is 0 Å². The van der Waals surface area contributed by atoms with Gasteiger partial charge in [0.2, 0.25) is 5.91 Å². The second-order valence-electron chi connectivity index (χ2n) is 6.50. The lowest BCUT2D eigenvalue weighted by Crippen LogP contribution is -2.51. The predicted molar refractivity (Wildman–Crippen MR) is 92.7 cm³/mol. The first-order chi connectivity index (χ1) is 11.9. The largest absolute Gasteiger partial charge is 0.357 e. The molecule has 0 atom stereocenters. The lowest BCUT2D eigenvalue weighted by atomic mass is 10.1. The third-order valence-corrected chi connectivity index (χ3v) is 4.57. The molecule has 132 valence electrons. The van der Waals surface area contributed by atoms with Crippen molar-refractivity contribution < 1.29 is 14.0 Å². The summed E-state index contributed by atoms with van der Waals surface area (Å²) in [4.78, 5) is 28.4. The van der Waals surface area contributed by atoms with Gasteiger partial charge in [-0.25, -0.2) is 4.39 Å². The maximum absolute atomic E-state index is 13.4. The Balaban J connectivity index is 1.56. The fourth-order valence-corrected chi connectivity index (χ4v) is 3.07. The SMILES string of the molecule is Cc1cc(C(=O)N2CCN(C(=O)Cc3ccn(C)c3)CC2)ccc1F. The van der Waals surface area contributed by atoms with Crippen molar-refractivity contribution in [2.24, 2.45) is 7.05 Å². The van der Waals surface area contributed by atoms with Crippen LogP contribution in [0, 0.1) is 12.7 Å². The Kier molecular flexibility index (Phi) is 4.88. The van der Waals surface area contributed by atoms with E-state index in [0.717, 1.165) is 5.56 Å². The van der Waals surface area contributed by atoms with Crippen LogP contribution in [0.4, 0.5) is 4.39 Å². The number of benzene rings is 1. The van der Waals surface area contributed by atoms with E-state index in [2.05, 4.69) is 0 Å². The summed E-state index contributed by atoms with van der Waals surface area (Å²) in [5.74, 6) is -0.345. The zero-order valence-electron chi connectivity index (χ0n) is 14.5. The quantitative estimate of drug-likeness (QED) is 0.856. The molecule has 0 bridgehead atoms. The third-order valence-electron chi connectivity index (χ3n) is 4.57. The van der Waals surface area contributed by atoms with Crippen LogP contribution in [0.15, 0.2) is 36.7 Å². The zero-order chi connectivity index (χ0) is 18.0. The minimum Gasteiger partial charge on any atom is -0.357 e. The molecule has 1 aromatic carbocycles. The topological polar surface area (TPSA) is 45.6 Å². The van der Waals surface area contributed by atoms with Crippen LogP contribution >= 0.6 is 0 Å². The van der Waals surface area contributed by atoms with E-state index in [1.165, 1.54) is 12.1 Å². The Morgan fingerprint density at radius 2 is 1.76 bits per heavy atom. The summed E-state index contributed by atoms with van der Waals surface area (Å²) in [6.07, 6.45) is 4.24. The molecule has 0 N–H and O–H groups in total. The standard InChI is InChI=1S/C19H22FN3O2/c1-14-11-16(3-4-17(14)20)19(25)23-9-7-22(8-10-23)18(24)12-15-5-6-21(2)13-15/h3-6,11,13H,7-10,12H2,1-2H3. The summed E-state index contributed by atoms with van der Waals surface area (Å²) in [6, 6.07) is 6.35. The number of aromatic nitrogens is 1. The molecule has 0 aliphatic carbocycles.